The van der Waals surface area contributed by atoms with Crippen LogP contribution in [0.5, 0.6) is 0 Å². The summed E-state index contributed by atoms with van der Waals surface area (Å²) < 4.78 is 0. The van der Waals surface area contributed by atoms with Crippen LogP contribution in [0.15, 0.2) is 42.5 Å². The van der Waals surface area contributed by atoms with Gasteiger partial charge in [0.1, 0.15) is 0 Å². The highest BCUT2D eigenvalue weighted by molar-refractivity contribution is 5.99. The summed E-state index contributed by atoms with van der Waals surface area (Å²) in [6.07, 6.45) is 27.0. The lowest BCUT2D eigenvalue weighted by Crippen LogP contribution is -1.98. The fourth-order valence-corrected chi connectivity index (χ4v) is 4.87. The molecule has 0 aliphatic heterocycles. The fourth-order valence-electron chi connectivity index (χ4n) is 4.87. The first kappa shape index (κ1) is 27.6. The molecular formula is C32H50O. The molecule has 0 amide bonds. The van der Waals surface area contributed by atoms with E-state index in [4.69, 9.17) is 0 Å². The summed E-state index contributed by atoms with van der Waals surface area (Å²) in [5, 5.41) is 2.37. The SMILES string of the molecule is CCCCCCCCCCCCCCCCCCCCCC(=O)c1ccc2ccccc2c1. The summed E-state index contributed by atoms with van der Waals surface area (Å²) in [5.41, 5.74) is 0.871. The zero-order valence-electron chi connectivity index (χ0n) is 21.6. The molecule has 1 heteroatoms. The van der Waals surface area contributed by atoms with Crippen LogP contribution >= 0.6 is 0 Å². The molecule has 0 saturated carbocycles. The van der Waals surface area contributed by atoms with Gasteiger partial charge in [-0.05, 0) is 23.3 Å². The number of hydrogen-bond acceptors (Lipinski definition) is 1. The van der Waals surface area contributed by atoms with Gasteiger partial charge in [-0.25, -0.2) is 0 Å². The first-order valence-corrected chi connectivity index (χ1v) is 14.3. The molecule has 0 bridgehead atoms. The molecule has 0 aromatic heterocycles. The van der Waals surface area contributed by atoms with Crippen molar-refractivity contribution in [1.29, 1.82) is 0 Å². The average Bonchev–Trinajstić information content (AvgIpc) is 2.85. The highest BCUT2D eigenvalue weighted by Crippen LogP contribution is 2.18. The van der Waals surface area contributed by atoms with Crippen LogP contribution in [0, 0.1) is 0 Å². The number of carbonyl (C=O) groups excluding carboxylic acids is 1. The molecule has 0 fully saturated rings. The van der Waals surface area contributed by atoms with Gasteiger partial charge in [-0.2, -0.15) is 0 Å². The van der Waals surface area contributed by atoms with Crippen LogP contribution in [-0.4, -0.2) is 5.78 Å². The van der Waals surface area contributed by atoms with Gasteiger partial charge < -0.3 is 0 Å². The van der Waals surface area contributed by atoms with E-state index in [2.05, 4.69) is 25.1 Å². The quantitative estimate of drug-likeness (QED) is 0.136. The lowest BCUT2D eigenvalue weighted by Gasteiger charge is -2.05. The van der Waals surface area contributed by atoms with Gasteiger partial charge in [0.25, 0.3) is 0 Å². The predicted molar refractivity (Wildman–Crippen MR) is 146 cm³/mol. The van der Waals surface area contributed by atoms with Crippen LogP contribution in [0.2, 0.25) is 0 Å². The van der Waals surface area contributed by atoms with Crippen LogP contribution < -0.4 is 0 Å². The minimum Gasteiger partial charge on any atom is -0.294 e. The van der Waals surface area contributed by atoms with Gasteiger partial charge in [0.05, 0.1) is 0 Å². The van der Waals surface area contributed by atoms with Crippen molar-refractivity contribution in [1.82, 2.24) is 0 Å². The van der Waals surface area contributed by atoms with Crippen LogP contribution in [0.3, 0.4) is 0 Å². The smallest absolute Gasteiger partial charge is 0.162 e. The van der Waals surface area contributed by atoms with Gasteiger partial charge >= 0.3 is 0 Å². The molecule has 0 unspecified atom stereocenters. The van der Waals surface area contributed by atoms with Gasteiger partial charge in [-0.15, -0.1) is 0 Å². The number of rotatable bonds is 21. The number of hydrogen-bond donors (Lipinski definition) is 0. The number of benzene rings is 2. The molecule has 0 aliphatic carbocycles. The Balaban J connectivity index is 1.33. The van der Waals surface area contributed by atoms with Crippen molar-refractivity contribution in [2.45, 2.75) is 135 Å². The largest absolute Gasteiger partial charge is 0.294 e. The molecule has 2 rings (SSSR count). The Bertz CT molecular complexity index is 747. The number of unbranched alkanes of at least 4 members (excludes halogenated alkanes) is 18. The molecule has 184 valence electrons. The molecule has 0 spiro atoms. The van der Waals surface area contributed by atoms with Gasteiger partial charge in [0.15, 0.2) is 5.78 Å². The third-order valence-corrected chi connectivity index (χ3v) is 7.08. The second-order valence-corrected chi connectivity index (χ2v) is 10.1. The highest BCUT2D eigenvalue weighted by atomic mass is 16.1. The monoisotopic (exact) mass is 450 g/mol. The maximum Gasteiger partial charge on any atom is 0.162 e. The Labute approximate surface area is 204 Å². The Hall–Kier alpha value is -1.63. The average molecular weight is 451 g/mol. The predicted octanol–water partition coefficient (Wildman–Crippen LogP) is 10.8. The van der Waals surface area contributed by atoms with Crippen molar-refractivity contribution >= 4 is 16.6 Å². The van der Waals surface area contributed by atoms with Crippen molar-refractivity contribution in [2.24, 2.45) is 0 Å². The standard InChI is InChI=1S/C32H50O/c1-2-3-4-5-6-7-8-9-10-11-12-13-14-15-16-17-18-19-20-25-32(33)31-27-26-29-23-21-22-24-30(29)28-31/h21-24,26-28H,2-20,25H2,1H3. The maximum absolute atomic E-state index is 12.5. The van der Waals surface area contributed by atoms with E-state index in [0.29, 0.717) is 12.2 Å². The Morgan fingerprint density at radius 1 is 0.515 bits per heavy atom. The molecule has 33 heavy (non-hydrogen) atoms. The first-order chi connectivity index (χ1) is 16.3. The van der Waals surface area contributed by atoms with Crippen LogP contribution in [0.1, 0.15) is 146 Å². The normalized spacial score (nSPS) is 11.3. The molecule has 0 heterocycles. The summed E-state index contributed by atoms with van der Waals surface area (Å²) in [6.45, 7) is 2.29. The second-order valence-electron chi connectivity index (χ2n) is 10.1. The van der Waals surface area contributed by atoms with Crippen molar-refractivity contribution in [3.63, 3.8) is 0 Å². The molecular weight excluding hydrogens is 400 g/mol. The minimum atomic E-state index is 0.299. The summed E-state index contributed by atoms with van der Waals surface area (Å²) in [6, 6.07) is 14.4. The Kier molecular flexibility index (Phi) is 15.7. The number of carbonyl (C=O) groups is 1. The molecule has 0 saturated heterocycles. The molecule has 2 aromatic carbocycles. The van der Waals surface area contributed by atoms with E-state index in [1.807, 2.05) is 24.3 Å². The van der Waals surface area contributed by atoms with E-state index in [0.717, 1.165) is 17.4 Å². The summed E-state index contributed by atoms with van der Waals surface area (Å²) in [5.74, 6) is 0.299. The molecule has 1 nitrogen and oxygen atoms in total. The summed E-state index contributed by atoms with van der Waals surface area (Å²) in [4.78, 5) is 12.5. The Morgan fingerprint density at radius 2 is 0.939 bits per heavy atom. The third-order valence-electron chi connectivity index (χ3n) is 7.08. The van der Waals surface area contributed by atoms with E-state index in [9.17, 15) is 4.79 Å². The topological polar surface area (TPSA) is 17.1 Å². The molecule has 0 aliphatic rings. The van der Waals surface area contributed by atoms with Gasteiger partial charge in [-0.1, -0.05) is 159 Å². The number of Topliss-reactive ketones (excluding diaryl/α,β-unsaturated/α-hetero) is 1. The molecule has 2 aromatic rings. The maximum atomic E-state index is 12.5. The van der Waals surface area contributed by atoms with Gasteiger partial charge in [0, 0.05) is 12.0 Å². The molecule has 0 atom stereocenters. The first-order valence-electron chi connectivity index (χ1n) is 14.3. The number of fused-ring (bicyclic) bond motifs is 1. The zero-order chi connectivity index (χ0) is 23.4. The molecule has 0 N–H and O–H groups in total. The third kappa shape index (κ3) is 13.0. The second kappa shape index (κ2) is 18.8. The van der Waals surface area contributed by atoms with Crippen molar-refractivity contribution in [3.8, 4) is 0 Å². The lowest BCUT2D eigenvalue weighted by molar-refractivity contribution is 0.0979. The van der Waals surface area contributed by atoms with E-state index < -0.39 is 0 Å². The fraction of sp³-hybridized carbons (Fsp3) is 0.656. The van der Waals surface area contributed by atoms with Gasteiger partial charge in [-0.3, -0.25) is 4.79 Å². The van der Waals surface area contributed by atoms with Crippen LogP contribution in [0.25, 0.3) is 10.8 Å². The zero-order valence-corrected chi connectivity index (χ0v) is 21.6. The minimum absolute atomic E-state index is 0.299. The highest BCUT2D eigenvalue weighted by Gasteiger charge is 2.06. The van der Waals surface area contributed by atoms with Crippen molar-refractivity contribution < 1.29 is 4.79 Å². The van der Waals surface area contributed by atoms with E-state index in [-0.39, 0.29) is 0 Å². The van der Waals surface area contributed by atoms with Crippen molar-refractivity contribution in [2.75, 3.05) is 0 Å². The van der Waals surface area contributed by atoms with Crippen LogP contribution in [0.4, 0.5) is 0 Å². The summed E-state index contributed by atoms with van der Waals surface area (Å²) in [7, 11) is 0. The summed E-state index contributed by atoms with van der Waals surface area (Å²) >= 11 is 0. The van der Waals surface area contributed by atoms with Crippen LogP contribution in [-0.2, 0) is 0 Å². The van der Waals surface area contributed by atoms with E-state index in [1.54, 1.807) is 0 Å². The molecule has 0 radical (unpaired) electrons. The Morgan fingerprint density at radius 3 is 1.42 bits per heavy atom. The van der Waals surface area contributed by atoms with Gasteiger partial charge in [0.2, 0.25) is 0 Å². The lowest BCUT2D eigenvalue weighted by atomic mass is 10.00. The van der Waals surface area contributed by atoms with Crippen molar-refractivity contribution in [3.05, 3.63) is 48.0 Å². The number of ketones is 1. The van der Waals surface area contributed by atoms with E-state index in [1.165, 1.54) is 121 Å². The van der Waals surface area contributed by atoms with E-state index >= 15 is 0 Å².